The monoisotopic (exact) mass is 680 g/mol. The zero-order valence-electron chi connectivity index (χ0n) is 31.7. The van der Waals surface area contributed by atoms with Crippen molar-refractivity contribution in [1.29, 1.82) is 0 Å². The Morgan fingerprint density at radius 2 is 0.917 bits per heavy atom. The summed E-state index contributed by atoms with van der Waals surface area (Å²) in [6.07, 6.45) is 40.9. The van der Waals surface area contributed by atoms with E-state index in [0.29, 0.717) is 19.3 Å². The second kappa shape index (κ2) is 37.1. The van der Waals surface area contributed by atoms with Gasteiger partial charge in [-0.05, 0) is 44.9 Å². The quantitative estimate of drug-likeness (QED) is 0.0332. The number of allylic oxidation sites excluding steroid dienone is 4. The molecule has 4 atom stereocenters. The van der Waals surface area contributed by atoms with Gasteiger partial charge >= 0.3 is 0 Å². The lowest BCUT2D eigenvalue weighted by molar-refractivity contribution is -0.132. The summed E-state index contributed by atoms with van der Waals surface area (Å²) in [6.45, 7) is 3.90. The Morgan fingerprint density at radius 3 is 1.33 bits per heavy atom. The van der Waals surface area contributed by atoms with Gasteiger partial charge in [-0.25, -0.2) is 0 Å². The van der Waals surface area contributed by atoms with Crippen LogP contribution in [0.1, 0.15) is 206 Å². The summed E-state index contributed by atoms with van der Waals surface area (Å²) in [5.41, 5.74) is 0. The minimum atomic E-state index is -1.28. The van der Waals surface area contributed by atoms with E-state index in [1.54, 1.807) is 0 Å². The van der Waals surface area contributed by atoms with Gasteiger partial charge in [-0.15, -0.1) is 0 Å². The molecule has 0 bridgehead atoms. The molecule has 0 aromatic heterocycles. The number of nitrogens with one attached hydrogen (secondary N) is 1. The molecule has 6 nitrogen and oxygen atoms in total. The largest absolute Gasteiger partial charge is 0.394 e. The third-order valence-corrected chi connectivity index (χ3v) is 9.65. The van der Waals surface area contributed by atoms with Crippen molar-refractivity contribution in [2.24, 2.45) is 0 Å². The van der Waals surface area contributed by atoms with E-state index in [1.165, 1.54) is 128 Å². The van der Waals surface area contributed by atoms with Gasteiger partial charge in [0, 0.05) is 0 Å². The number of carbonyl (C=O) groups excluding carboxylic acids is 1. The average molecular weight is 680 g/mol. The normalized spacial score (nSPS) is 14.5. The van der Waals surface area contributed by atoms with E-state index >= 15 is 0 Å². The van der Waals surface area contributed by atoms with Crippen molar-refractivity contribution in [3.63, 3.8) is 0 Å². The molecule has 1 amide bonds. The number of carbonyl (C=O) groups is 1. The molecule has 0 fully saturated rings. The Hall–Kier alpha value is -1.21. The van der Waals surface area contributed by atoms with Crippen molar-refractivity contribution >= 4 is 5.91 Å². The van der Waals surface area contributed by atoms with Gasteiger partial charge in [0.1, 0.15) is 12.2 Å². The topological polar surface area (TPSA) is 110 Å². The molecule has 6 heteroatoms. The number of hydrogen-bond donors (Lipinski definition) is 5. The zero-order chi connectivity index (χ0) is 35.3. The summed E-state index contributed by atoms with van der Waals surface area (Å²) in [7, 11) is 0. The first-order valence-corrected chi connectivity index (χ1v) is 20.7. The lowest BCUT2D eigenvalue weighted by Gasteiger charge is -2.27. The van der Waals surface area contributed by atoms with Crippen LogP contribution in [0, 0.1) is 0 Å². The molecule has 0 rings (SSSR count). The highest BCUT2D eigenvalue weighted by Crippen LogP contribution is 2.16. The van der Waals surface area contributed by atoms with Crippen LogP contribution in [0.25, 0.3) is 0 Å². The first kappa shape index (κ1) is 46.8. The highest BCUT2D eigenvalue weighted by atomic mass is 16.3. The highest BCUT2D eigenvalue weighted by molar-refractivity contribution is 5.80. The summed E-state index contributed by atoms with van der Waals surface area (Å²) >= 11 is 0. The smallest absolute Gasteiger partial charge is 0.249 e. The van der Waals surface area contributed by atoms with E-state index < -0.39 is 36.9 Å². The molecule has 0 spiro atoms. The zero-order valence-corrected chi connectivity index (χ0v) is 31.7. The molecule has 0 aliphatic rings. The van der Waals surface area contributed by atoms with Gasteiger partial charge in [0.15, 0.2) is 0 Å². The van der Waals surface area contributed by atoms with Crippen LogP contribution in [0.2, 0.25) is 0 Å². The molecular weight excluding hydrogens is 598 g/mol. The van der Waals surface area contributed by atoms with Crippen LogP contribution in [0.5, 0.6) is 0 Å². The predicted octanol–water partition coefficient (Wildman–Crippen LogP) is 10.4. The number of aliphatic hydroxyl groups excluding tert-OH is 4. The molecule has 0 heterocycles. The second-order valence-corrected chi connectivity index (χ2v) is 14.3. The lowest BCUT2D eigenvalue weighted by atomic mass is 10.00. The minimum absolute atomic E-state index is 0.363. The van der Waals surface area contributed by atoms with Crippen molar-refractivity contribution in [2.75, 3.05) is 6.61 Å². The Balaban J connectivity index is 3.66. The fourth-order valence-corrected chi connectivity index (χ4v) is 6.37. The third kappa shape index (κ3) is 30.8. The fraction of sp³-hybridized carbons (Fsp3) is 0.881. The van der Waals surface area contributed by atoms with Gasteiger partial charge in [-0.1, -0.05) is 186 Å². The standard InChI is InChI=1S/C42H81NO5/c1-3-5-7-9-11-13-14-15-16-17-18-19-20-21-22-23-24-25-26-28-30-32-34-36-40(46)42(48)43-38(37-44)41(47)39(45)35-33-31-29-27-12-10-8-6-4-2/h6,8,27,29,38-41,44-47H,3-5,7,9-26,28,30-37H2,1-2H3,(H,43,48)/b8-6+,29-27+. The van der Waals surface area contributed by atoms with Crippen molar-refractivity contribution in [2.45, 2.75) is 231 Å². The number of hydrogen-bond acceptors (Lipinski definition) is 5. The summed E-state index contributed by atoms with van der Waals surface area (Å²) in [6, 6.07) is -1.00. The third-order valence-electron chi connectivity index (χ3n) is 9.65. The number of amides is 1. The van der Waals surface area contributed by atoms with Gasteiger partial charge in [-0.3, -0.25) is 4.79 Å². The van der Waals surface area contributed by atoms with E-state index in [2.05, 4.69) is 43.5 Å². The first-order chi connectivity index (χ1) is 23.5. The molecule has 0 radical (unpaired) electrons. The van der Waals surface area contributed by atoms with Crippen molar-refractivity contribution in [1.82, 2.24) is 5.32 Å². The van der Waals surface area contributed by atoms with Crippen LogP contribution in [0.3, 0.4) is 0 Å². The summed E-state index contributed by atoms with van der Waals surface area (Å²) < 4.78 is 0. The molecule has 0 aliphatic carbocycles. The highest BCUT2D eigenvalue weighted by Gasteiger charge is 2.28. The Bertz CT molecular complexity index is 727. The van der Waals surface area contributed by atoms with Gasteiger partial charge in [-0.2, -0.15) is 0 Å². The van der Waals surface area contributed by atoms with Gasteiger partial charge < -0.3 is 25.7 Å². The van der Waals surface area contributed by atoms with Crippen LogP contribution < -0.4 is 5.32 Å². The summed E-state index contributed by atoms with van der Waals surface area (Å²) in [4.78, 5) is 12.4. The predicted molar refractivity (Wildman–Crippen MR) is 205 cm³/mol. The van der Waals surface area contributed by atoms with Crippen LogP contribution >= 0.6 is 0 Å². The maximum atomic E-state index is 12.4. The molecule has 284 valence electrons. The summed E-state index contributed by atoms with van der Waals surface area (Å²) in [5.74, 6) is -0.598. The van der Waals surface area contributed by atoms with Crippen molar-refractivity contribution in [3.05, 3.63) is 24.3 Å². The second-order valence-electron chi connectivity index (χ2n) is 14.3. The Labute approximate surface area is 297 Å². The molecule has 0 aromatic rings. The molecule has 0 aromatic carbocycles. The maximum absolute atomic E-state index is 12.4. The van der Waals surface area contributed by atoms with E-state index in [9.17, 15) is 25.2 Å². The molecule has 0 saturated carbocycles. The average Bonchev–Trinajstić information content (AvgIpc) is 3.09. The van der Waals surface area contributed by atoms with Gasteiger partial charge in [0.2, 0.25) is 5.91 Å². The van der Waals surface area contributed by atoms with Crippen LogP contribution in [-0.2, 0) is 4.79 Å². The van der Waals surface area contributed by atoms with E-state index in [4.69, 9.17) is 0 Å². The minimum Gasteiger partial charge on any atom is -0.394 e. The molecule has 5 N–H and O–H groups in total. The summed E-state index contributed by atoms with van der Waals surface area (Å²) in [5, 5.41) is 43.3. The number of aliphatic hydroxyl groups is 4. The molecule has 0 aliphatic heterocycles. The lowest BCUT2D eigenvalue weighted by Crippen LogP contribution is -2.53. The SMILES string of the molecule is CC/C=C/CC/C=C/CCCC(O)C(O)C(CO)NC(=O)C(O)CCCCCCCCCCCCCCCCCCCCCCCCC. The van der Waals surface area contributed by atoms with Crippen LogP contribution in [-0.4, -0.2) is 57.3 Å². The van der Waals surface area contributed by atoms with E-state index in [1.807, 2.05) is 0 Å². The van der Waals surface area contributed by atoms with E-state index in [-0.39, 0.29) is 0 Å². The molecular formula is C42H81NO5. The van der Waals surface area contributed by atoms with Gasteiger partial charge in [0.05, 0.1) is 18.8 Å². The van der Waals surface area contributed by atoms with Crippen LogP contribution in [0.15, 0.2) is 24.3 Å². The molecule has 0 saturated heterocycles. The van der Waals surface area contributed by atoms with Gasteiger partial charge in [0.25, 0.3) is 0 Å². The Kier molecular flexibility index (Phi) is 36.1. The maximum Gasteiger partial charge on any atom is 0.249 e. The van der Waals surface area contributed by atoms with Crippen molar-refractivity contribution in [3.8, 4) is 0 Å². The number of rotatable bonds is 37. The Morgan fingerprint density at radius 1 is 0.521 bits per heavy atom. The molecule has 4 unspecified atom stereocenters. The van der Waals surface area contributed by atoms with Crippen LogP contribution in [0.4, 0.5) is 0 Å². The van der Waals surface area contributed by atoms with Crippen molar-refractivity contribution < 1.29 is 25.2 Å². The number of unbranched alkanes of at least 4 members (excludes halogenated alkanes) is 24. The first-order valence-electron chi connectivity index (χ1n) is 20.7. The van der Waals surface area contributed by atoms with E-state index in [0.717, 1.165) is 44.9 Å². The molecule has 48 heavy (non-hydrogen) atoms. The fourth-order valence-electron chi connectivity index (χ4n) is 6.37.